The molecule has 3 rings (SSSR count). The van der Waals surface area contributed by atoms with E-state index in [9.17, 15) is 4.79 Å². The molecule has 0 bridgehead atoms. The number of carbonyl (C=O) groups excluding carboxylic acids is 1. The molecule has 0 amide bonds. The fraction of sp³-hybridized carbons (Fsp3) is 0.472. The van der Waals surface area contributed by atoms with Crippen molar-refractivity contribution in [2.45, 2.75) is 103 Å². The van der Waals surface area contributed by atoms with Gasteiger partial charge < -0.3 is 9.47 Å². The van der Waals surface area contributed by atoms with Crippen molar-refractivity contribution < 1.29 is 14.3 Å². The molecule has 1 aromatic heterocycles. The summed E-state index contributed by atoms with van der Waals surface area (Å²) in [6.07, 6.45) is 23.7. The highest BCUT2D eigenvalue weighted by Crippen LogP contribution is 2.22. The van der Waals surface area contributed by atoms with E-state index in [1.807, 2.05) is 54.6 Å². The van der Waals surface area contributed by atoms with Gasteiger partial charge in [-0.1, -0.05) is 89.3 Å². The molecule has 0 saturated carbocycles. The Morgan fingerprint density at radius 2 is 1.41 bits per heavy atom. The van der Waals surface area contributed by atoms with Crippen molar-refractivity contribution in [1.82, 2.24) is 9.97 Å². The van der Waals surface area contributed by atoms with E-state index in [-0.39, 0.29) is 5.88 Å². The van der Waals surface area contributed by atoms with Gasteiger partial charge in [0.1, 0.15) is 5.75 Å². The van der Waals surface area contributed by atoms with Crippen LogP contribution in [0.4, 0.5) is 0 Å². The third-order valence-electron chi connectivity index (χ3n) is 7.31. The van der Waals surface area contributed by atoms with E-state index in [2.05, 4.69) is 23.5 Å². The van der Waals surface area contributed by atoms with Gasteiger partial charge in [-0.3, -0.25) is 0 Å². The molecule has 0 aliphatic rings. The maximum Gasteiger partial charge on any atom is 0.344 e. The number of unbranched alkanes of at least 4 members (excludes halogenated alkanes) is 12. The zero-order chi connectivity index (χ0) is 29.0. The molecule has 0 radical (unpaired) electrons. The predicted molar refractivity (Wildman–Crippen MR) is 169 cm³/mol. The Bertz CT molecular complexity index is 1120. The van der Waals surface area contributed by atoms with Gasteiger partial charge in [0.05, 0.1) is 30.3 Å². The highest BCUT2D eigenvalue weighted by molar-refractivity contribution is 5.90. The molecule has 0 fully saturated rings. The van der Waals surface area contributed by atoms with Crippen molar-refractivity contribution in [1.29, 1.82) is 0 Å². The summed E-state index contributed by atoms with van der Waals surface area (Å²) in [5.41, 5.74) is 3.40. The van der Waals surface area contributed by atoms with E-state index in [1.54, 1.807) is 6.20 Å². The largest absolute Gasteiger partial charge is 0.494 e. The van der Waals surface area contributed by atoms with Crippen LogP contribution in [0.25, 0.3) is 11.3 Å². The monoisotopic (exact) mass is 556 g/mol. The average Bonchev–Trinajstić information content (AvgIpc) is 3.01. The maximum absolute atomic E-state index is 12.6. The summed E-state index contributed by atoms with van der Waals surface area (Å²) >= 11 is 0. The van der Waals surface area contributed by atoms with Crippen molar-refractivity contribution >= 4 is 5.97 Å². The standard InChI is InChI=1S/C36H48N2O3/c1-3-5-7-9-11-12-13-14-16-18-30-19-21-32(22-20-30)36(39)41-35-29-37-34(28-38-35)31-23-25-33(26-24-31)40-27-17-15-10-8-6-4-2/h3,19-26,28-29H,1,4-18,27H2,2H3. The smallest absolute Gasteiger partial charge is 0.344 e. The number of benzene rings is 2. The number of aromatic nitrogens is 2. The number of esters is 1. The molecule has 41 heavy (non-hydrogen) atoms. The highest BCUT2D eigenvalue weighted by Gasteiger charge is 2.11. The second-order valence-electron chi connectivity index (χ2n) is 10.8. The van der Waals surface area contributed by atoms with Crippen molar-refractivity contribution in [3.8, 4) is 22.9 Å². The number of hydrogen-bond acceptors (Lipinski definition) is 5. The first-order valence-corrected chi connectivity index (χ1v) is 15.7. The number of carbonyl (C=O) groups is 1. The van der Waals surface area contributed by atoms with Gasteiger partial charge in [-0.05, 0) is 74.1 Å². The summed E-state index contributed by atoms with van der Waals surface area (Å²) in [4.78, 5) is 21.3. The number of allylic oxidation sites excluding steroid dienone is 1. The molecule has 5 heteroatoms. The highest BCUT2D eigenvalue weighted by atomic mass is 16.5. The van der Waals surface area contributed by atoms with Crippen molar-refractivity contribution in [3.05, 3.63) is 84.7 Å². The number of nitrogens with zero attached hydrogens (tertiary/aromatic N) is 2. The molecule has 5 nitrogen and oxygen atoms in total. The lowest BCUT2D eigenvalue weighted by atomic mass is 10.0. The third kappa shape index (κ3) is 12.7. The van der Waals surface area contributed by atoms with Crippen LogP contribution in [0, 0.1) is 0 Å². The first-order chi connectivity index (χ1) is 20.2. The van der Waals surface area contributed by atoms with Crippen molar-refractivity contribution in [3.63, 3.8) is 0 Å². The molecular weight excluding hydrogens is 508 g/mol. The molecule has 0 unspecified atom stereocenters. The zero-order valence-electron chi connectivity index (χ0n) is 25.0. The summed E-state index contributed by atoms with van der Waals surface area (Å²) in [6, 6.07) is 15.5. The second-order valence-corrected chi connectivity index (χ2v) is 10.8. The molecule has 0 N–H and O–H groups in total. The van der Waals surface area contributed by atoms with Gasteiger partial charge in [0, 0.05) is 5.56 Å². The lowest BCUT2D eigenvalue weighted by molar-refractivity contribution is 0.0727. The Kier molecular flexibility index (Phi) is 15.3. The topological polar surface area (TPSA) is 61.3 Å². The van der Waals surface area contributed by atoms with E-state index in [4.69, 9.17) is 9.47 Å². The molecule has 0 spiro atoms. The number of hydrogen-bond donors (Lipinski definition) is 0. The molecular formula is C36H48N2O3. The van der Waals surface area contributed by atoms with Gasteiger partial charge in [0.15, 0.2) is 0 Å². The summed E-state index contributed by atoms with van der Waals surface area (Å²) < 4.78 is 11.3. The normalized spacial score (nSPS) is 10.9. The van der Waals surface area contributed by atoms with Crippen LogP contribution in [0.5, 0.6) is 11.6 Å². The first-order valence-electron chi connectivity index (χ1n) is 15.7. The minimum absolute atomic E-state index is 0.186. The summed E-state index contributed by atoms with van der Waals surface area (Å²) in [6.45, 7) is 6.75. The lowest BCUT2D eigenvalue weighted by Gasteiger charge is -2.08. The van der Waals surface area contributed by atoms with Crippen LogP contribution >= 0.6 is 0 Å². The fourth-order valence-electron chi connectivity index (χ4n) is 4.78. The molecule has 0 aliphatic heterocycles. The van der Waals surface area contributed by atoms with Crippen molar-refractivity contribution in [2.24, 2.45) is 0 Å². The summed E-state index contributed by atoms with van der Waals surface area (Å²) in [7, 11) is 0. The van der Waals surface area contributed by atoms with Crippen LogP contribution < -0.4 is 9.47 Å². The molecule has 2 aromatic carbocycles. The Balaban J connectivity index is 1.36. The quantitative estimate of drug-likeness (QED) is 0.0742. The van der Waals surface area contributed by atoms with Crippen molar-refractivity contribution in [2.75, 3.05) is 6.61 Å². The molecule has 3 aromatic rings. The number of aryl methyl sites for hydroxylation is 1. The summed E-state index contributed by atoms with van der Waals surface area (Å²) in [5, 5.41) is 0. The van der Waals surface area contributed by atoms with Gasteiger partial charge in [0.25, 0.3) is 0 Å². The minimum atomic E-state index is -0.429. The third-order valence-corrected chi connectivity index (χ3v) is 7.31. The molecule has 0 saturated heterocycles. The first kappa shape index (κ1) is 32.0. The van der Waals surface area contributed by atoms with E-state index in [0.29, 0.717) is 11.3 Å². The van der Waals surface area contributed by atoms with E-state index in [0.717, 1.165) is 37.2 Å². The van der Waals surface area contributed by atoms with Crippen LogP contribution in [-0.4, -0.2) is 22.5 Å². The Hall–Kier alpha value is -3.47. The van der Waals surface area contributed by atoms with Crippen LogP contribution in [-0.2, 0) is 6.42 Å². The lowest BCUT2D eigenvalue weighted by Crippen LogP contribution is -2.09. The summed E-state index contributed by atoms with van der Waals surface area (Å²) in [5.74, 6) is 0.616. The SMILES string of the molecule is C=CCCCCCCCCCc1ccc(C(=O)Oc2cnc(-c3ccc(OCCCCCCCC)cc3)cn2)cc1. The number of ether oxygens (including phenoxy) is 2. The van der Waals surface area contributed by atoms with Crippen LogP contribution in [0.3, 0.4) is 0 Å². The molecule has 1 heterocycles. The Labute approximate surface area is 247 Å². The van der Waals surface area contributed by atoms with Gasteiger partial charge in [0.2, 0.25) is 5.88 Å². The second kappa shape index (κ2) is 19.6. The van der Waals surface area contributed by atoms with E-state index < -0.39 is 5.97 Å². The molecule has 220 valence electrons. The predicted octanol–water partition coefficient (Wildman–Crippen LogP) is 9.95. The Morgan fingerprint density at radius 3 is 2.07 bits per heavy atom. The van der Waals surface area contributed by atoms with Gasteiger partial charge in [-0.2, -0.15) is 0 Å². The molecule has 0 atom stereocenters. The van der Waals surface area contributed by atoms with Crippen LogP contribution in [0.2, 0.25) is 0 Å². The van der Waals surface area contributed by atoms with Crippen LogP contribution in [0.1, 0.15) is 113 Å². The number of rotatable bonds is 21. The van der Waals surface area contributed by atoms with Gasteiger partial charge in [-0.25, -0.2) is 14.8 Å². The Morgan fingerprint density at radius 1 is 0.756 bits per heavy atom. The van der Waals surface area contributed by atoms with Crippen LogP contribution in [0.15, 0.2) is 73.6 Å². The average molecular weight is 557 g/mol. The van der Waals surface area contributed by atoms with Gasteiger partial charge >= 0.3 is 5.97 Å². The molecule has 0 aliphatic carbocycles. The zero-order valence-corrected chi connectivity index (χ0v) is 25.0. The fourth-order valence-corrected chi connectivity index (χ4v) is 4.78. The van der Waals surface area contributed by atoms with E-state index in [1.165, 1.54) is 88.8 Å². The maximum atomic E-state index is 12.6. The van der Waals surface area contributed by atoms with E-state index >= 15 is 0 Å². The van der Waals surface area contributed by atoms with Gasteiger partial charge in [-0.15, -0.1) is 6.58 Å². The minimum Gasteiger partial charge on any atom is -0.494 e.